The van der Waals surface area contributed by atoms with Crippen LogP contribution in [-0.2, 0) is 6.54 Å². The van der Waals surface area contributed by atoms with Crippen LogP contribution in [0.1, 0.15) is 5.56 Å². The number of halogens is 1. The van der Waals surface area contributed by atoms with Crippen molar-refractivity contribution < 1.29 is 4.74 Å². The standard InChI is InChI=1S/C19H16BrN5O/c20-15-5-7-16(8-6-15)26-10-9-25-12-14(11-21-19-22-13-23-24-19)17-3-1-2-4-18(17)25/h1-8,11-13H,9-10H2,(H,22,23,24)/b21-11+. The highest BCUT2D eigenvalue weighted by molar-refractivity contribution is 9.10. The number of H-pyrrole nitrogens is 1. The Balaban J connectivity index is 1.52. The molecule has 0 fully saturated rings. The summed E-state index contributed by atoms with van der Waals surface area (Å²) in [7, 11) is 0. The normalized spacial score (nSPS) is 11.4. The molecule has 4 aromatic rings. The molecule has 4 rings (SSSR count). The lowest BCUT2D eigenvalue weighted by Gasteiger charge is -2.08. The third-order valence-electron chi connectivity index (χ3n) is 3.96. The van der Waals surface area contributed by atoms with Gasteiger partial charge < -0.3 is 9.30 Å². The van der Waals surface area contributed by atoms with E-state index in [-0.39, 0.29) is 0 Å². The maximum absolute atomic E-state index is 5.84. The van der Waals surface area contributed by atoms with Crippen molar-refractivity contribution in [3.63, 3.8) is 0 Å². The summed E-state index contributed by atoms with van der Waals surface area (Å²) in [6.07, 6.45) is 5.32. The summed E-state index contributed by atoms with van der Waals surface area (Å²) in [6, 6.07) is 16.1. The largest absolute Gasteiger partial charge is 0.492 e. The molecule has 0 aliphatic heterocycles. The number of para-hydroxylation sites is 1. The third-order valence-corrected chi connectivity index (χ3v) is 4.49. The van der Waals surface area contributed by atoms with Crippen molar-refractivity contribution in [1.82, 2.24) is 19.7 Å². The van der Waals surface area contributed by atoms with Crippen LogP contribution in [-0.4, -0.2) is 32.6 Å². The Bertz CT molecular complexity index is 1020. The van der Waals surface area contributed by atoms with Gasteiger partial charge in [-0.1, -0.05) is 34.1 Å². The lowest BCUT2D eigenvalue weighted by atomic mass is 10.2. The monoisotopic (exact) mass is 409 g/mol. The molecule has 0 aliphatic carbocycles. The first-order chi connectivity index (χ1) is 12.8. The summed E-state index contributed by atoms with van der Waals surface area (Å²) in [4.78, 5) is 8.35. The Labute approximate surface area is 158 Å². The minimum absolute atomic E-state index is 0.486. The van der Waals surface area contributed by atoms with Crippen LogP contribution in [0, 0.1) is 0 Å². The number of hydrogen-bond acceptors (Lipinski definition) is 4. The summed E-state index contributed by atoms with van der Waals surface area (Å²) in [5.41, 5.74) is 2.17. The molecule has 0 spiro atoms. The van der Waals surface area contributed by atoms with Crippen LogP contribution >= 0.6 is 15.9 Å². The van der Waals surface area contributed by atoms with Gasteiger partial charge in [-0.3, -0.25) is 0 Å². The van der Waals surface area contributed by atoms with Crippen LogP contribution in [0.4, 0.5) is 5.95 Å². The van der Waals surface area contributed by atoms with Crippen LogP contribution in [0.15, 0.2) is 70.5 Å². The van der Waals surface area contributed by atoms with Crippen molar-refractivity contribution in [3.05, 3.63) is 71.1 Å². The SMILES string of the molecule is Brc1ccc(OCCn2cc(/C=N/c3ncn[nH]3)c3ccccc32)cc1. The zero-order valence-corrected chi connectivity index (χ0v) is 15.4. The van der Waals surface area contributed by atoms with Gasteiger partial charge in [0.1, 0.15) is 18.7 Å². The molecule has 0 radical (unpaired) electrons. The Morgan fingerprint density at radius 2 is 2.00 bits per heavy atom. The van der Waals surface area contributed by atoms with E-state index in [9.17, 15) is 0 Å². The molecule has 2 heterocycles. The first-order valence-electron chi connectivity index (χ1n) is 8.15. The van der Waals surface area contributed by atoms with Crippen LogP contribution in [0.3, 0.4) is 0 Å². The topological polar surface area (TPSA) is 68.1 Å². The van der Waals surface area contributed by atoms with Gasteiger partial charge in [-0.15, -0.1) is 0 Å². The van der Waals surface area contributed by atoms with Gasteiger partial charge in [-0.05, 0) is 30.3 Å². The Hall–Kier alpha value is -2.93. The van der Waals surface area contributed by atoms with E-state index >= 15 is 0 Å². The molecule has 130 valence electrons. The molecule has 26 heavy (non-hydrogen) atoms. The van der Waals surface area contributed by atoms with Gasteiger partial charge in [0.05, 0.1) is 6.54 Å². The summed E-state index contributed by atoms with van der Waals surface area (Å²) in [6.45, 7) is 1.33. The van der Waals surface area contributed by atoms with E-state index in [2.05, 4.69) is 59.0 Å². The summed E-state index contributed by atoms with van der Waals surface area (Å²) in [5.74, 6) is 1.34. The minimum atomic E-state index is 0.486. The lowest BCUT2D eigenvalue weighted by molar-refractivity contribution is 0.300. The van der Waals surface area contributed by atoms with Crippen LogP contribution in [0.25, 0.3) is 10.9 Å². The number of fused-ring (bicyclic) bond motifs is 1. The Kier molecular flexibility index (Phi) is 4.79. The molecule has 0 aliphatic rings. The van der Waals surface area contributed by atoms with Gasteiger partial charge in [0.25, 0.3) is 0 Å². The number of rotatable bonds is 6. The van der Waals surface area contributed by atoms with Crippen molar-refractivity contribution in [1.29, 1.82) is 0 Å². The fraction of sp³-hybridized carbons (Fsp3) is 0.105. The Morgan fingerprint density at radius 3 is 2.81 bits per heavy atom. The van der Waals surface area contributed by atoms with Crippen molar-refractivity contribution >= 4 is 39.0 Å². The molecule has 0 saturated heterocycles. The van der Waals surface area contributed by atoms with Gasteiger partial charge in [0.15, 0.2) is 0 Å². The van der Waals surface area contributed by atoms with E-state index in [0.717, 1.165) is 33.2 Å². The fourth-order valence-corrected chi connectivity index (χ4v) is 3.01. The predicted molar refractivity (Wildman–Crippen MR) is 105 cm³/mol. The molecular weight excluding hydrogens is 394 g/mol. The number of ether oxygens (including phenoxy) is 1. The van der Waals surface area contributed by atoms with Crippen molar-refractivity contribution in [2.24, 2.45) is 4.99 Å². The summed E-state index contributed by atoms with van der Waals surface area (Å²) >= 11 is 3.43. The number of benzene rings is 2. The van der Waals surface area contributed by atoms with Gasteiger partial charge >= 0.3 is 0 Å². The first kappa shape index (κ1) is 16.5. The maximum Gasteiger partial charge on any atom is 0.245 e. The molecule has 0 amide bonds. The molecule has 7 heteroatoms. The number of aromatic nitrogens is 4. The molecule has 0 atom stereocenters. The number of aliphatic imine (C=N–C) groups is 1. The molecule has 2 aromatic carbocycles. The maximum atomic E-state index is 5.84. The Morgan fingerprint density at radius 1 is 1.15 bits per heavy atom. The van der Waals surface area contributed by atoms with Crippen molar-refractivity contribution in [2.45, 2.75) is 6.54 Å². The highest BCUT2D eigenvalue weighted by Crippen LogP contribution is 2.21. The molecule has 0 bridgehead atoms. The third kappa shape index (κ3) is 3.67. The van der Waals surface area contributed by atoms with Crippen molar-refractivity contribution in [3.8, 4) is 5.75 Å². The average Bonchev–Trinajstić information content (AvgIpc) is 3.30. The zero-order chi connectivity index (χ0) is 17.8. The molecule has 0 unspecified atom stereocenters. The van der Waals surface area contributed by atoms with E-state index in [1.165, 1.54) is 6.33 Å². The second-order valence-corrected chi connectivity index (χ2v) is 6.58. The van der Waals surface area contributed by atoms with Gasteiger partial charge in [0, 0.05) is 33.4 Å². The second-order valence-electron chi connectivity index (χ2n) is 5.66. The highest BCUT2D eigenvalue weighted by Gasteiger charge is 2.07. The highest BCUT2D eigenvalue weighted by atomic mass is 79.9. The van der Waals surface area contributed by atoms with Gasteiger partial charge in [0.2, 0.25) is 5.95 Å². The smallest absolute Gasteiger partial charge is 0.245 e. The summed E-state index contributed by atoms with van der Waals surface area (Å²) < 4.78 is 9.06. The summed E-state index contributed by atoms with van der Waals surface area (Å²) in [5, 5.41) is 7.67. The minimum Gasteiger partial charge on any atom is -0.492 e. The van der Waals surface area contributed by atoms with E-state index in [1.54, 1.807) is 6.21 Å². The molecule has 6 nitrogen and oxygen atoms in total. The number of hydrogen-bond donors (Lipinski definition) is 1. The molecular formula is C19H16BrN5O. The number of nitrogens with one attached hydrogen (secondary N) is 1. The fourth-order valence-electron chi connectivity index (χ4n) is 2.75. The lowest BCUT2D eigenvalue weighted by Crippen LogP contribution is -2.07. The van der Waals surface area contributed by atoms with Crippen LogP contribution in [0.5, 0.6) is 5.75 Å². The zero-order valence-electron chi connectivity index (χ0n) is 13.8. The molecule has 1 N–H and O–H groups in total. The van der Waals surface area contributed by atoms with Crippen LogP contribution < -0.4 is 4.74 Å². The average molecular weight is 410 g/mol. The quantitative estimate of drug-likeness (QED) is 0.481. The second kappa shape index (κ2) is 7.53. The molecule has 0 saturated carbocycles. The van der Waals surface area contributed by atoms with E-state index in [1.807, 2.05) is 36.4 Å². The number of aromatic amines is 1. The van der Waals surface area contributed by atoms with E-state index in [4.69, 9.17) is 4.74 Å². The van der Waals surface area contributed by atoms with E-state index in [0.29, 0.717) is 12.6 Å². The first-order valence-corrected chi connectivity index (χ1v) is 8.94. The molecule has 2 aromatic heterocycles. The van der Waals surface area contributed by atoms with Crippen molar-refractivity contribution in [2.75, 3.05) is 6.61 Å². The van der Waals surface area contributed by atoms with Crippen LogP contribution in [0.2, 0.25) is 0 Å². The van der Waals surface area contributed by atoms with Gasteiger partial charge in [-0.2, -0.15) is 10.1 Å². The van der Waals surface area contributed by atoms with Gasteiger partial charge in [-0.25, -0.2) is 10.1 Å². The number of nitrogens with zero attached hydrogens (tertiary/aromatic N) is 4. The van der Waals surface area contributed by atoms with E-state index < -0.39 is 0 Å². The predicted octanol–water partition coefficient (Wildman–Crippen LogP) is 4.35.